The number of pyridine rings is 2. The van der Waals surface area contributed by atoms with Crippen LogP contribution in [0.25, 0.3) is 0 Å². The molecule has 33 heavy (non-hydrogen) atoms. The Labute approximate surface area is 200 Å². The van der Waals surface area contributed by atoms with Crippen LogP contribution in [0.5, 0.6) is 23.3 Å². The number of aromatic nitrogens is 2. The maximum Gasteiger partial charge on any atom is 0.219 e. The van der Waals surface area contributed by atoms with Gasteiger partial charge in [0.05, 0.1) is 42.3 Å². The second-order valence-electron chi connectivity index (χ2n) is 8.68. The van der Waals surface area contributed by atoms with Gasteiger partial charge in [0.15, 0.2) is 0 Å². The highest BCUT2D eigenvalue weighted by atomic mass is 28.2. The molecule has 4 rings (SSSR count). The van der Waals surface area contributed by atoms with Crippen molar-refractivity contribution in [3.63, 3.8) is 0 Å². The molecule has 0 aliphatic carbocycles. The molecule has 2 unspecified atom stereocenters. The molecule has 7 heteroatoms. The monoisotopic (exact) mass is 472 g/mol. The fourth-order valence-corrected chi connectivity index (χ4v) is 5.56. The Hall–Kier alpha value is -3.27. The Balaban J connectivity index is 1.52. The number of para-hydroxylation sites is 2. The second-order valence-corrected chi connectivity index (χ2v) is 12.5. The minimum absolute atomic E-state index is 0.523. The van der Waals surface area contributed by atoms with Gasteiger partial charge in [-0.15, -0.1) is 0 Å². The molecule has 0 spiro atoms. The summed E-state index contributed by atoms with van der Waals surface area (Å²) in [6.07, 6.45) is 0. The molecular weight excluding hydrogens is 444 g/mol. The van der Waals surface area contributed by atoms with E-state index in [1.165, 1.54) is 0 Å². The summed E-state index contributed by atoms with van der Waals surface area (Å²) in [5.41, 5.74) is 1.70. The normalized spacial score (nSPS) is 14.8. The summed E-state index contributed by atoms with van der Waals surface area (Å²) in [6.45, 7) is 4.16. The van der Waals surface area contributed by atoms with Crippen molar-refractivity contribution in [2.75, 3.05) is 0 Å². The van der Waals surface area contributed by atoms with Crippen LogP contribution >= 0.6 is 0 Å². The van der Waals surface area contributed by atoms with E-state index in [2.05, 4.69) is 13.8 Å². The van der Waals surface area contributed by atoms with Gasteiger partial charge >= 0.3 is 0 Å². The van der Waals surface area contributed by atoms with Crippen LogP contribution in [0.15, 0.2) is 97.1 Å². The summed E-state index contributed by atoms with van der Waals surface area (Å²) >= 11 is 0. The van der Waals surface area contributed by atoms with E-state index in [1.807, 2.05) is 97.1 Å². The zero-order valence-corrected chi connectivity index (χ0v) is 23.4. The number of rotatable bonds is 8. The van der Waals surface area contributed by atoms with E-state index < -0.39 is 10.4 Å². The van der Waals surface area contributed by atoms with Gasteiger partial charge in [0.25, 0.3) is 0 Å². The van der Waals surface area contributed by atoms with Crippen molar-refractivity contribution >= 4 is 20.5 Å². The minimum atomic E-state index is -0.523. The average molecular weight is 473 g/mol. The highest BCUT2D eigenvalue weighted by Crippen LogP contribution is 2.33. The molecule has 0 N–H and O–H groups in total. The molecule has 0 saturated carbocycles. The Morgan fingerprint density at radius 3 is 1.33 bits per heavy atom. The summed E-state index contributed by atoms with van der Waals surface area (Å²) in [5, 5.41) is -1.05. The molecule has 2 atom stereocenters. The first-order chi connectivity index (χ1) is 15.8. The van der Waals surface area contributed by atoms with Crippen molar-refractivity contribution < 1.29 is 14.2 Å². The number of hydrogen-bond donors (Lipinski definition) is 0. The number of ether oxygens (including phenoxy) is 3. The molecule has 0 radical (unpaired) electrons. The molecule has 0 aliphatic heterocycles. The minimum Gasteiger partial charge on any atom is -0.439 e. The van der Waals surface area contributed by atoms with Crippen molar-refractivity contribution in [3.05, 3.63) is 108 Å². The fourth-order valence-electron chi connectivity index (χ4n) is 3.57. The quantitative estimate of drug-likeness (QED) is 0.365. The molecule has 168 valence electrons. The topological polar surface area (TPSA) is 53.5 Å². The smallest absolute Gasteiger partial charge is 0.219 e. The van der Waals surface area contributed by atoms with E-state index in [0.717, 1.165) is 43.4 Å². The lowest BCUT2D eigenvalue weighted by Gasteiger charge is -2.36. The highest BCUT2D eigenvalue weighted by Gasteiger charge is 2.34. The predicted molar refractivity (Wildman–Crippen MR) is 137 cm³/mol. The van der Waals surface area contributed by atoms with Gasteiger partial charge in [0, 0.05) is 12.1 Å². The van der Waals surface area contributed by atoms with E-state index in [0.29, 0.717) is 11.8 Å². The standard InChI is InChI=1S/C26H28N2O3Si2/c1-25(32,21-15-9-17-23(27-21)29-19-11-5-3-6-12-19)31-26(2,33)22-16-10-18-24(28-22)30-20-13-7-4-8-14-20/h3-18H,1-2,32-33H3. The van der Waals surface area contributed by atoms with E-state index in [-0.39, 0.29) is 0 Å². The third-order valence-corrected chi connectivity index (χ3v) is 6.56. The lowest BCUT2D eigenvalue weighted by atomic mass is 10.2. The molecule has 2 heterocycles. The Morgan fingerprint density at radius 1 is 0.545 bits per heavy atom. The molecular formula is C26H28N2O3Si2. The first kappa shape index (κ1) is 22.9. The molecule has 0 saturated heterocycles. The van der Waals surface area contributed by atoms with Gasteiger partial charge in [-0.05, 0) is 50.2 Å². The molecule has 4 aromatic rings. The number of nitrogens with zero attached hydrogens (tertiary/aromatic N) is 2. The van der Waals surface area contributed by atoms with Crippen molar-refractivity contribution in [1.29, 1.82) is 0 Å². The van der Waals surface area contributed by atoms with Crippen LogP contribution in [0.3, 0.4) is 0 Å². The molecule has 0 bridgehead atoms. The van der Waals surface area contributed by atoms with Crippen LogP contribution in [0.2, 0.25) is 0 Å². The average Bonchev–Trinajstić information content (AvgIpc) is 2.80. The van der Waals surface area contributed by atoms with E-state index in [1.54, 1.807) is 0 Å². The molecule has 0 aliphatic rings. The van der Waals surface area contributed by atoms with Gasteiger partial charge in [-0.1, -0.05) is 48.5 Å². The Kier molecular flexibility index (Phi) is 6.73. The predicted octanol–water partition coefficient (Wildman–Crippen LogP) is 3.85. The maximum atomic E-state index is 6.70. The Morgan fingerprint density at radius 2 is 0.939 bits per heavy atom. The van der Waals surface area contributed by atoms with Crippen molar-refractivity contribution in [3.8, 4) is 23.3 Å². The van der Waals surface area contributed by atoms with Gasteiger partial charge < -0.3 is 14.2 Å². The maximum absolute atomic E-state index is 6.70. The zero-order valence-electron chi connectivity index (χ0n) is 19.4. The van der Waals surface area contributed by atoms with Gasteiger partial charge in [-0.3, -0.25) is 0 Å². The summed E-state index contributed by atoms with van der Waals surface area (Å²) < 4.78 is 18.6. The first-order valence-corrected chi connectivity index (χ1v) is 12.9. The van der Waals surface area contributed by atoms with E-state index in [9.17, 15) is 0 Å². The van der Waals surface area contributed by atoms with E-state index in [4.69, 9.17) is 24.2 Å². The van der Waals surface area contributed by atoms with Crippen LogP contribution in [0.1, 0.15) is 25.2 Å². The molecule has 2 aromatic heterocycles. The van der Waals surface area contributed by atoms with E-state index >= 15 is 0 Å². The van der Waals surface area contributed by atoms with Crippen LogP contribution in [-0.2, 0) is 15.2 Å². The largest absolute Gasteiger partial charge is 0.439 e. The van der Waals surface area contributed by atoms with Crippen LogP contribution < -0.4 is 9.47 Å². The summed E-state index contributed by atoms with van der Waals surface area (Å²) in [6, 6.07) is 30.9. The van der Waals surface area contributed by atoms with Crippen LogP contribution in [0, 0.1) is 0 Å². The SMILES string of the molecule is CC([SiH3])(OC(C)([SiH3])c1cccc(Oc2ccccc2)n1)c1cccc(Oc2ccccc2)n1. The van der Waals surface area contributed by atoms with Crippen molar-refractivity contribution in [2.45, 2.75) is 24.3 Å². The van der Waals surface area contributed by atoms with Gasteiger partial charge in [-0.25, -0.2) is 9.97 Å². The lowest BCUT2D eigenvalue weighted by molar-refractivity contribution is -0.0600. The fraction of sp³-hybridized carbons (Fsp3) is 0.154. The molecule has 0 amide bonds. The third-order valence-electron chi connectivity index (χ3n) is 5.12. The summed E-state index contributed by atoms with van der Waals surface area (Å²) in [7, 11) is 1.48. The van der Waals surface area contributed by atoms with Crippen LogP contribution in [0.4, 0.5) is 0 Å². The van der Waals surface area contributed by atoms with Crippen molar-refractivity contribution in [1.82, 2.24) is 9.97 Å². The highest BCUT2D eigenvalue weighted by molar-refractivity contribution is 6.16. The summed E-state index contributed by atoms with van der Waals surface area (Å²) in [5.74, 6) is 2.61. The van der Waals surface area contributed by atoms with Crippen LogP contribution in [-0.4, -0.2) is 30.5 Å². The third kappa shape index (κ3) is 5.95. The Bertz CT molecular complexity index is 1110. The summed E-state index contributed by atoms with van der Waals surface area (Å²) in [4.78, 5) is 9.50. The first-order valence-electron chi connectivity index (χ1n) is 10.9. The zero-order chi connectivity index (χ0) is 23.3. The molecule has 0 fully saturated rings. The number of benzene rings is 2. The second kappa shape index (κ2) is 9.70. The lowest BCUT2D eigenvalue weighted by Crippen LogP contribution is -2.39. The van der Waals surface area contributed by atoms with Gasteiger partial charge in [0.2, 0.25) is 11.8 Å². The van der Waals surface area contributed by atoms with Crippen molar-refractivity contribution in [2.24, 2.45) is 0 Å². The van der Waals surface area contributed by atoms with Gasteiger partial charge in [-0.2, -0.15) is 0 Å². The molecule has 5 nitrogen and oxygen atoms in total. The van der Waals surface area contributed by atoms with Gasteiger partial charge in [0.1, 0.15) is 11.5 Å². The molecule has 2 aromatic carbocycles. The number of hydrogen-bond acceptors (Lipinski definition) is 5.